The van der Waals surface area contributed by atoms with Gasteiger partial charge >= 0.3 is 6.03 Å². The number of hydrogen-bond donors (Lipinski definition) is 3. The molecule has 1 aliphatic rings. The Bertz CT molecular complexity index is 910. The zero-order chi connectivity index (χ0) is 18.8. The van der Waals surface area contributed by atoms with Gasteiger partial charge in [-0.25, -0.2) is 13.6 Å². The Hall–Kier alpha value is -2.93. The maximum atomic E-state index is 14.2. The van der Waals surface area contributed by atoms with E-state index in [1.807, 2.05) is 0 Å². The molecular weight excluding hydrogens is 364 g/mol. The summed E-state index contributed by atoms with van der Waals surface area (Å²) in [6, 6.07) is 7.93. The van der Waals surface area contributed by atoms with Crippen LogP contribution < -0.4 is 16.0 Å². The molecule has 8 heteroatoms. The van der Waals surface area contributed by atoms with Gasteiger partial charge in [-0.1, -0.05) is 29.8 Å². The molecule has 0 spiro atoms. The average Bonchev–Trinajstić information content (AvgIpc) is 2.56. The van der Waals surface area contributed by atoms with Crippen molar-refractivity contribution in [1.29, 1.82) is 0 Å². The highest BCUT2D eigenvalue weighted by Crippen LogP contribution is 2.32. The maximum absolute atomic E-state index is 14.2. The Morgan fingerprint density at radius 3 is 2.42 bits per heavy atom. The molecule has 1 unspecified atom stereocenters. The molecule has 0 aromatic heterocycles. The first kappa shape index (κ1) is 17.9. The van der Waals surface area contributed by atoms with Gasteiger partial charge in [0.25, 0.3) is 5.91 Å². The number of rotatable bonds is 3. The summed E-state index contributed by atoms with van der Waals surface area (Å²) in [6.45, 7) is 1.48. The summed E-state index contributed by atoms with van der Waals surface area (Å²) in [7, 11) is 0. The molecule has 0 radical (unpaired) electrons. The Labute approximate surface area is 153 Å². The Morgan fingerprint density at radius 1 is 1.12 bits per heavy atom. The quantitative estimate of drug-likeness (QED) is 0.759. The van der Waals surface area contributed by atoms with Crippen LogP contribution in [0.1, 0.15) is 18.5 Å². The molecule has 0 bridgehead atoms. The van der Waals surface area contributed by atoms with E-state index in [4.69, 9.17) is 11.6 Å². The van der Waals surface area contributed by atoms with Crippen molar-refractivity contribution in [3.63, 3.8) is 0 Å². The number of urea groups is 1. The first-order valence-electron chi connectivity index (χ1n) is 7.66. The lowest BCUT2D eigenvalue weighted by Crippen LogP contribution is -2.46. The van der Waals surface area contributed by atoms with E-state index in [1.54, 1.807) is 24.3 Å². The standard InChI is InChI=1S/C18H14ClF2N3O2/c1-9-14(17(25)23-13-8-3-2-5-10(13)19)16(24-18(26)22-9)15-11(20)6-4-7-12(15)21/h2-8,16H,1H3,(H,23,25)(H2,22,24,26). The van der Waals surface area contributed by atoms with Crippen LogP contribution in [0.25, 0.3) is 0 Å². The van der Waals surface area contributed by atoms with Crippen LogP contribution in [0.15, 0.2) is 53.7 Å². The molecule has 0 aliphatic carbocycles. The Kier molecular flexibility index (Phi) is 4.90. The van der Waals surface area contributed by atoms with E-state index >= 15 is 0 Å². The lowest BCUT2D eigenvalue weighted by molar-refractivity contribution is -0.113. The van der Waals surface area contributed by atoms with Crippen LogP contribution >= 0.6 is 11.6 Å². The summed E-state index contributed by atoms with van der Waals surface area (Å²) in [5, 5.41) is 7.74. The number of carbonyl (C=O) groups excluding carboxylic acids is 2. The Morgan fingerprint density at radius 2 is 1.77 bits per heavy atom. The van der Waals surface area contributed by atoms with E-state index in [-0.39, 0.29) is 11.3 Å². The van der Waals surface area contributed by atoms with E-state index in [9.17, 15) is 18.4 Å². The monoisotopic (exact) mass is 377 g/mol. The predicted octanol–water partition coefficient (Wildman–Crippen LogP) is 3.88. The second kappa shape index (κ2) is 7.13. The van der Waals surface area contributed by atoms with Crippen LogP contribution in [0, 0.1) is 11.6 Å². The molecule has 0 saturated carbocycles. The SMILES string of the molecule is CC1=C(C(=O)Nc2ccccc2Cl)C(c2c(F)cccc2F)NC(=O)N1. The van der Waals surface area contributed by atoms with Gasteiger partial charge in [-0.05, 0) is 31.2 Å². The minimum Gasteiger partial charge on any atom is -0.326 e. The van der Waals surface area contributed by atoms with Crippen LogP contribution in [0.2, 0.25) is 5.02 Å². The number of halogens is 3. The molecule has 1 aliphatic heterocycles. The highest BCUT2D eigenvalue weighted by Gasteiger charge is 2.34. The summed E-state index contributed by atoms with van der Waals surface area (Å²) >= 11 is 6.03. The van der Waals surface area contributed by atoms with Gasteiger partial charge < -0.3 is 16.0 Å². The highest BCUT2D eigenvalue weighted by molar-refractivity contribution is 6.33. The molecule has 0 fully saturated rings. The zero-order valence-electron chi connectivity index (χ0n) is 13.6. The lowest BCUT2D eigenvalue weighted by atomic mass is 9.94. The van der Waals surface area contributed by atoms with E-state index in [1.165, 1.54) is 13.0 Å². The topological polar surface area (TPSA) is 70.2 Å². The summed E-state index contributed by atoms with van der Waals surface area (Å²) in [4.78, 5) is 24.6. The summed E-state index contributed by atoms with van der Waals surface area (Å²) in [6.07, 6.45) is 0. The lowest BCUT2D eigenvalue weighted by Gasteiger charge is -2.29. The third-order valence-corrected chi connectivity index (χ3v) is 4.25. The van der Waals surface area contributed by atoms with Crippen molar-refractivity contribution >= 4 is 29.2 Å². The van der Waals surface area contributed by atoms with Crippen LogP contribution in [0.3, 0.4) is 0 Å². The number of allylic oxidation sites excluding steroid dienone is 1. The van der Waals surface area contributed by atoms with Crippen molar-refractivity contribution in [1.82, 2.24) is 10.6 Å². The van der Waals surface area contributed by atoms with Gasteiger partial charge in [0, 0.05) is 5.70 Å². The molecule has 1 heterocycles. The van der Waals surface area contributed by atoms with Gasteiger partial charge in [-0.3, -0.25) is 4.79 Å². The van der Waals surface area contributed by atoms with Crippen molar-refractivity contribution in [2.75, 3.05) is 5.32 Å². The number of nitrogens with one attached hydrogen (secondary N) is 3. The van der Waals surface area contributed by atoms with E-state index in [0.29, 0.717) is 10.7 Å². The van der Waals surface area contributed by atoms with Crippen LogP contribution in [0.5, 0.6) is 0 Å². The fourth-order valence-electron chi connectivity index (χ4n) is 2.75. The van der Waals surface area contributed by atoms with Gasteiger partial charge in [0.15, 0.2) is 0 Å². The molecule has 26 heavy (non-hydrogen) atoms. The number of hydrogen-bond acceptors (Lipinski definition) is 2. The molecule has 0 saturated heterocycles. The first-order valence-corrected chi connectivity index (χ1v) is 8.04. The highest BCUT2D eigenvalue weighted by atomic mass is 35.5. The summed E-state index contributed by atoms with van der Waals surface area (Å²) in [5.41, 5.74) is 0.0922. The maximum Gasteiger partial charge on any atom is 0.319 e. The molecule has 1 atom stereocenters. The van der Waals surface area contributed by atoms with E-state index < -0.39 is 35.2 Å². The number of anilines is 1. The minimum atomic E-state index is -1.28. The van der Waals surface area contributed by atoms with Crippen molar-refractivity contribution in [3.05, 3.63) is 76.0 Å². The number of para-hydroxylation sites is 1. The second-order valence-corrected chi connectivity index (χ2v) is 6.05. The van der Waals surface area contributed by atoms with Crippen molar-refractivity contribution < 1.29 is 18.4 Å². The molecule has 134 valence electrons. The minimum absolute atomic E-state index is 0.0199. The fraction of sp³-hybridized carbons (Fsp3) is 0.111. The molecule has 3 amide bonds. The van der Waals surface area contributed by atoms with Crippen molar-refractivity contribution in [2.45, 2.75) is 13.0 Å². The third-order valence-electron chi connectivity index (χ3n) is 3.92. The van der Waals surface area contributed by atoms with Gasteiger partial charge in [0.1, 0.15) is 11.6 Å². The number of amides is 3. The zero-order valence-corrected chi connectivity index (χ0v) is 14.3. The molecule has 5 nitrogen and oxygen atoms in total. The smallest absolute Gasteiger partial charge is 0.319 e. The predicted molar refractivity (Wildman–Crippen MR) is 93.5 cm³/mol. The normalized spacial score (nSPS) is 16.8. The van der Waals surface area contributed by atoms with Crippen LogP contribution in [-0.2, 0) is 4.79 Å². The number of carbonyl (C=O) groups is 2. The molecule has 3 N–H and O–H groups in total. The molecule has 2 aromatic rings. The van der Waals surface area contributed by atoms with E-state index in [0.717, 1.165) is 12.1 Å². The van der Waals surface area contributed by atoms with Crippen molar-refractivity contribution in [3.8, 4) is 0 Å². The third kappa shape index (κ3) is 3.39. The largest absolute Gasteiger partial charge is 0.326 e. The first-order chi connectivity index (χ1) is 12.4. The Balaban J connectivity index is 2.04. The summed E-state index contributed by atoms with van der Waals surface area (Å²) in [5.74, 6) is -2.38. The average molecular weight is 378 g/mol. The molecule has 3 rings (SSSR count). The number of benzene rings is 2. The second-order valence-electron chi connectivity index (χ2n) is 5.64. The van der Waals surface area contributed by atoms with Gasteiger partial charge in [0.2, 0.25) is 0 Å². The molecule has 2 aromatic carbocycles. The van der Waals surface area contributed by atoms with Gasteiger partial charge in [0.05, 0.1) is 27.9 Å². The van der Waals surface area contributed by atoms with Gasteiger partial charge in [-0.15, -0.1) is 0 Å². The van der Waals surface area contributed by atoms with E-state index in [2.05, 4.69) is 16.0 Å². The van der Waals surface area contributed by atoms with Crippen LogP contribution in [0.4, 0.5) is 19.3 Å². The fourth-order valence-corrected chi connectivity index (χ4v) is 2.93. The molecular formula is C18H14ClF2N3O2. The van der Waals surface area contributed by atoms with Crippen molar-refractivity contribution in [2.24, 2.45) is 0 Å². The van der Waals surface area contributed by atoms with Crippen LogP contribution in [-0.4, -0.2) is 11.9 Å². The summed E-state index contributed by atoms with van der Waals surface area (Å²) < 4.78 is 28.5. The van der Waals surface area contributed by atoms with Gasteiger partial charge in [-0.2, -0.15) is 0 Å².